The molecule has 2 heterocycles. The van der Waals surface area contributed by atoms with Gasteiger partial charge in [-0.2, -0.15) is 39.5 Å². The van der Waals surface area contributed by atoms with Gasteiger partial charge in [-0.25, -0.2) is 14.4 Å². The summed E-state index contributed by atoms with van der Waals surface area (Å²) in [6.45, 7) is 0.0636. The molecule has 11 nitrogen and oxygen atoms in total. The second-order valence-corrected chi connectivity index (χ2v) is 15.2. The highest BCUT2D eigenvalue weighted by Crippen LogP contribution is 2.33. The third kappa shape index (κ3) is 11.3. The molecule has 2 aromatic heterocycles. The van der Waals surface area contributed by atoms with Gasteiger partial charge in [-0.3, -0.25) is 23.3 Å². The number of H-pyrrole nitrogens is 1. The number of nitrogens with one attached hydrogen (secondary N) is 1. The number of aryl methyl sites for hydroxylation is 1. The first-order valence-electron chi connectivity index (χ1n) is 17.6. The molecule has 5 aromatic carbocycles. The number of carboxylic acid groups (broad SMARTS) is 1. The maximum Gasteiger partial charge on any atom is 0.416 e. The van der Waals surface area contributed by atoms with E-state index in [4.69, 9.17) is 10.8 Å². The number of rotatable bonds is 5. The van der Waals surface area contributed by atoms with Crippen molar-refractivity contribution in [1.82, 2.24) is 18.7 Å². The Morgan fingerprint density at radius 2 is 1.05 bits per heavy atom. The minimum Gasteiger partial charge on any atom is -0.478 e. The fourth-order valence-corrected chi connectivity index (χ4v) is 6.40. The molecule has 22 heteroatoms. The summed E-state index contributed by atoms with van der Waals surface area (Å²) in [5.41, 5.74) is 0.226. The number of nitrogens with two attached hydrogens (primary N) is 1. The Hall–Kier alpha value is -6.42. The summed E-state index contributed by atoms with van der Waals surface area (Å²) in [7, 11) is 1.35. The van der Waals surface area contributed by atoms with Gasteiger partial charge in [0.2, 0.25) is 0 Å². The van der Waals surface area contributed by atoms with Gasteiger partial charge in [0.05, 0.1) is 57.1 Å². The first kappa shape index (κ1) is 47.6. The van der Waals surface area contributed by atoms with E-state index < -0.39 is 69.4 Å². The van der Waals surface area contributed by atoms with Crippen molar-refractivity contribution in [1.29, 1.82) is 0 Å². The molecular formula is C41H28Br2F9N5O6. The molecule has 0 aliphatic carbocycles. The van der Waals surface area contributed by atoms with Gasteiger partial charge in [0.15, 0.2) is 0 Å². The standard InChI is InChI=1S/C17H12BrF3N2O2.C16H10BrF3N2O2.C8H6F3NO2/c1-22-14-8-11(17(19,20)21)4-7-13(14)15(24)23(16(22)25)9-10-2-5-12(18)6-3-10;17-11-4-1-9(2-5-11)8-22-14(23)12-6-3-10(16(18,19)20)7-13(12)21-15(22)24;9-8(10,11)4-1-2-5(7(13)14)6(12)3-4/h2-8H,9H2,1H3;1-7H,8H2,(H,21,24);1-3H,12H2,(H,13,14). The van der Waals surface area contributed by atoms with E-state index in [-0.39, 0.29) is 40.5 Å². The second-order valence-electron chi connectivity index (χ2n) is 13.4. The third-order valence-corrected chi connectivity index (χ3v) is 10.2. The number of halogens is 11. The summed E-state index contributed by atoms with van der Waals surface area (Å²) < 4.78 is 118. The number of anilines is 1. The van der Waals surface area contributed by atoms with Crippen molar-refractivity contribution < 1.29 is 49.4 Å². The van der Waals surface area contributed by atoms with Crippen molar-refractivity contribution in [2.45, 2.75) is 31.6 Å². The lowest BCUT2D eigenvalue weighted by molar-refractivity contribution is -0.138. The molecular weight excluding hydrogens is 989 g/mol. The van der Waals surface area contributed by atoms with Crippen molar-refractivity contribution in [3.8, 4) is 0 Å². The average molecular weight is 1020 g/mol. The number of alkyl halides is 9. The molecule has 0 bridgehead atoms. The van der Waals surface area contributed by atoms with E-state index in [2.05, 4.69) is 36.8 Å². The molecule has 0 radical (unpaired) electrons. The van der Waals surface area contributed by atoms with Gasteiger partial charge in [0, 0.05) is 21.7 Å². The Kier molecular flexibility index (Phi) is 14.0. The minimum atomic E-state index is -4.55. The van der Waals surface area contributed by atoms with Crippen LogP contribution in [-0.2, 0) is 38.7 Å². The maximum absolute atomic E-state index is 12.9. The Morgan fingerprint density at radius 3 is 1.52 bits per heavy atom. The Balaban J connectivity index is 0.000000186. The molecule has 7 aromatic rings. The second kappa shape index (κ2) is 18.5. The zero-order valence-electron chi connectivity index (χ0n) is 31.8. The first-order chi connectivity index (χ1) is 29.3. The molecule has 63 heavy (non-hydrogen) atoms. The van der Waals surface area contributed by atoms with E-state index in [0.29, 0.717) is 12.1 Å². The molecule has 0 aliphatic heterocycles. The quantitative estimate of drug-likeness (QED) is 0.115. The molecule has 0 aliphatic rings. The highest BCUT2D eigenvalue weighted by atomic mass is 79.9. The van der Waals surface area contributed by atoms with Crippen LogP contribution in [0.25, 0.3) is 21.8 Å². The fraction of sp³-hybridized carbons (Fsp3) is 0.146. The number of hydrogen-bond donors (Lipinski definition) is 3. The normalized spacial score (nSPS) is 11.7. The molecule has 0 unspecified atom stereocenters. The van der Waals surface area contributed by atoms with Crippen LogP contribution in [0.3, 0.4) is 0 Å². The van der Waals surface area contributed by atoms with E-state index in [1.807, 2.05) is 0 Å². The number of carbonyl (C=O) groups is 1. The number of aromatic nitrogens is 4. The van der Waals surface area contributed by atoms with Crippen LogP contribution >= 0.6 is 31.9 Å². The lowest BCUT2D eigenvalue weighted by Gasteiger charge is -2.13. The minimum absolute atomic E-state index is 0.0262. The summed E-state index contributed by atoms with van der Waals surface area (Å²) in [5, 5.41) is 8.59. The highest BCUT2D eigenvalue weighted by Gasteiger charge is 2.33. The van der Waals surface area contributed by atoms with Crippen molar-refractivity contribution in [3.63, 3.8) is 0 Å². The highest BCUT2D eigenvalue weighted by molar-refractivity contribution is 9.10. The van der Waals surface area contributed by atoms with Gasteiger partial charge in [0.25, 0.3) is 11.1 Å². The zero-order valence-corrected chi connectivity index (χ0v) is 35.0. The largest absolute Gasteiger partial charge is 0.478 e. The van der Waals surface area contributed by atoms with Crippen LogP contribution in [0.5, 0.6) is 0 Å². The number of aromatic amines is 1. The zero-order chi connectivity index (χ0) is 46.8. The molecule has 7 rings (SSSR count). The summed E-state index contributed by atoms with van der Waals surface area (Å²) in [4.78, 5) is 62.4. The Labute approximate surface area is 363 Å². The van der Waals surface area contributed by atoms with Crippen LogP contribution in [0.1, 0.15) is 38.2 Å². The predicted molar refractivity (Wildman–Crippen MR) is 222 cm³/mol. The maximum atomic E-state index is 12.9. The number of nitrogens with zero attached hydrogens (tertiary/aromatic N) is 3. The number of nitrogen functional groups attached to an aromatic ring is 1. The summed E-state index contributed by atoms with van der Waals surface area (Å²) in [5.74, 6) is -1.35. The van der Waals surface area contributed by atoms with Crippen molar-refractivity contribution in [3.05, 3.63) is 187 Å². The first-order valence-corrected chi connectivity index (χ1v) is 19.2. The van der Waals surface area contributed by atoms with Crippen LogP contribution in [-0.4, -0.2) is 29.8 Å². The molecule has 330 valence electrons. The summed E-state index contributed by atoms with van der Waals surface area (Å²) >= 11 is 6.59. The average Bonchev–Trinajstić information content (AvgIpc) is 3.20. The smallest absolute Gasteiger partial charge is 0.416 e. The van der Waals surface area contributed by atoms with Gasteiger partial charge in [-0.05, 0) is 90.0 Å². The molecule has 0 atom stereocenters. The molecule has 0 saturated carbocycles. The number of fused-ring (bicyclic) bond motifs is 2. The fourth-order valence-electron chi connectivity index (χ4n) is 5.88. The molecule has 4 N–H and O–H groups in total. The van der Waals surface area contributed by atoms with E-state index in [0.717, 1.165) is 76.2 Å². The van der Waals surface area contributed by atoms with Crippen LogP contribution in [0.4, 0.5) is 45.2 Å². The molecule has 0 fully saturated rings. The third-order valence-electron chi connectivity index (χ3n) is 9.11. The Bertz CT molecular complexity index is 3090. The van der Waals surface area contributed by atoms with Gasteiger partial charge in [0.1, 0.15) is 0 Å². The van der Waals surface area contributed by atoms with E-state index in [1.165, 1.54) is 7.05 Å². The van der Waals surface area contributed by atoms with Gasteiger partial charge in [-0.1, -0.05) is 56.1 Å². The lowest BCUT2D eigenvalue weighted by Crippen LogP contribution is -2.39. The van der Waals surface area contributed by atoms with E-state index in [1.54, 1.807) is 48.5 Å². The van der Waals surface area contributed by atoms with Crippen LogP contribution < -0.4 is 28.2 Å². The topological polar surface area (TPSA) is 162 Å². The van der Waals surface area contributed by atoms with E-state index >= 15 is 0 Å². The number of benzene rings is 5. The van der Waals surface area contributed by atoms with Gasteiger partial charge in [-0.15, -0.1) is 0 Å². The SMILES string of the molecule is Cn1c(=O)n(Cc2ccc(Br)cc2)c(=O)c2ccc(C(F)(F)F)cc21.Nc1cc(C(F)(F)F)ccc1C(=O)O.O=c1[nH]c2cc(C(F)(F)F)ccc2c(=O)n1Cc1ccc(Br)cc1. The predicted octanol–water partition coefficient (Wildman–Crippen LogP) is 9.03. The van der Waals surface area contributed by atoms with Gasteiger partial charge < -0.3 is 15.8 Å². The number of aromatic carboxylic acids is 1. The van der Waals surface area contributed by atoms with Crippen molar-refractivity contribution in [2.75, 3.05) is 5.73 Å². The van der Waals surface area contributed by atoms with E-state index in [9.17, 15) is 63.5 Å². The van der Waals surface area contributed by atoms with Crippen molar-refractivity contribution >= 4 is 65.3 Å². The molecule has 0 amide bonds. The van der Waals surface area contributed by atoms with Gasteiger partial charge >= 0.3 is 35.9 Å². The number of carboxylic acids is 1. The molecule has 0 spiro atoms. The number of hydrogen-bond acceptors (Lipinski definition) is 6. The lowest BCUT2D eigenvalue weighted by atomic mass is 10.1. The monoisotopic (exact) mass is 1020 g/mol. The van der Waals surface area contributed by atoms with Crippen molar-refractivity contribution in [2.24, 2.45) is 7.05 Å². The summed E-state index contributed by atoms with van der Waals surface area (Å²) in [6, 6.07) is 21.7. The van der Waals surface area contributed by atoms with Crippen LogP contribution in [0.15, 0.2) is 131 Å². The summed E-state index contributed by atoms with van der Waals surface area (Å²) in [6.07, 6.45) is -13.6. The van der Waals surface area contributed by atoms with Crippen LogP contribution in [0, 0.1) is 0 Å². The Morgan fingerprint density at radius 1 is 0.619 bits per heavy atom. The van der Waals surface area contributed by atoms with Crippen LogP contribution in [0.2, 0.25) is 0 Å². The molecule has 0 saturated heterocycles.